The minimum atomic E-state index is -4.93. The van der Waals surface area contributed by atoms with Gasteiger partial charge in [-0.3, -0.25) is 0 Å². The fraction of sp³-hybridized carbons (Fsp3) is 0.933. The molecule has 2 saturated carbocycles. The van der Waals surface area contributed by atoms with Crippen molar-refractivity contribution in [2.24, 2.45) is 17.8 Å². The predicted molar refractivity (Wildman–Crippen MR) is 70.7 cm³/mol. The molecular weight excluding hydrogens is 323 g/mol. The number of ether oxygens (including phenoxy) is 1. The fourth-order valence-electron chi connectivity index (χ4n) is 3.78. The van der Waals surface area contributed by atoms with E-state index in [0.717, 1.165) is 19.3 Å². The largest absolute Gasteiger partial charge is 0.458 e. The second kappa shape index (κ2) is 5.86. The maximum Gasteiger partial charge on any atom is 0.417 e. The van der Waals surface area contributed by atoms with Crippen molar-refractivity contribution in [3.63, 3.8) is 0 Å². The molecule has 0 aromatic heterocycles. The van der Waals surface area contributed by atoms with Crippen LogP contribution >= 0.6 is 0 Å². The molecule has 3 nitrogen and oxygen atoms in total. The molecule has 0 spiro atoms. The maximum absolute atomic E-state index is 13.1. The lowest BCUT2D eigenvalue weighted by Crippen LogP contribution is -2.48. The Morgan fingerprint density at radius 2 is 1.78 bits per heavy atom. The van der Waals surface area contributed by atoms with E-state index >= 15 is 0 Å². The molecule has 2 aliphatic carbocycles. The summed E-state index contributed by atoms with van der Waals surface area (Å²) in [4.78, 5) is 11.4. The Kier molecular flexibility index (Phi) is 4.69. The second-order valence-electron chi connectivity index (χ2n) is 7.15. The summed E-state index contributed by atoms with van der Waals surface area (Å²) in [6.45, 7) is 0.917. The smallest absolute Gasteiger partial charge is 0.417 e. The van der Waals surface area contributed by atoms with Crippen LogP contribution in [0.15, 0.2) is 0 Å². The van der Waals surface area contributed by atoms with Gasteiger partial charge in [0.15, 0.2) is 5.60 Å². The third-order valence-corrected chi connectivity index (χ3v) is 5.10. The first-order valence-corrected chi connectivity index (χ1v) is 7.69. The number of hydrogen-bond donors (Lipinski definition) is 1. The normalized spacial score (nSPS) is 31.7. The Hall–Kier alpha value is -0.920. The van der Waals surface area contributed by atoms with Gasteiger partial charge >= 0.3 is 18.1 Å². The highest BCUT2D eigenvalue weighted by Crippen LogP contribution is 2.52. The van der Waals surface area contributed by atoms with Crippen molar-refractivity contribution in [2.45, 2.75) is 69.8 Å². The number of esters is 1. The molecule has 0 aromatic carbocycles. The van der Waals surface area contributed by atoms with Crippen LogP contribution < -0.4 is 0 Å². The van der Waals surface area contributed by atoms with E-state index in [0.29, 0.717) is 26.2 Å². The number of halogens is 5. The first-order valence-electron chi connectivity index (χ1n) is 7.69. The minimum Gasteiger partial charge on any atom is -0.458 e. The molecule has 0 amide bonds. The zero-order valence-corrected chi connectivity index (χ0v) is 13.0. The van der Waals surface area contributed by atoms with Gasteiger partial charge in [-0.25, -0.2) is 4.79 Å². The SMILES string of the molecule is CC(F)(F)C(=O)OC(CC(C)(O)C(F)(F)F)C1CC2CCC1C2. The van der Waals surface area contributed by atoms with Gasteiger partial charge in [0.2, 0.25) is 0 Å². The molecule has 2 aliphatic rings. The monoisotopic (exact) mass is 344 g/mol. The van der Waals surface area contributed by atoms with E-state index in [1.165, 1.54) is 0 Å². The van der Waals surface area contributed by atoms with Crippen molar-refractivity contribution in [1.82, 2.24) is 0 Å². The zero-order chi connectivity index (χ0) is 17.6. The van der Waals surface area contributed by atoms with Crippen molar-refractivity contribution < 1.29 is 36.6 Å². The van der Waals surface area contributed by atoms with Crippen LogP contribution in [0, 0.1) is 17.8 Å². The molecule has 1 N–H and O–H groups in total. The van der Waals surface area contributed by atoms with Gasteiger partial charge in [0.1, 0.15) is 6.10 Å². The summed E-state index contributed by atoms with van der Waals surface area (Å²) in [5, 5.41) is 9.66. The number of alkyl halides is 5. The molecule has 134 valence electrons. The van der Waals surface area contributed by atoms with Crippen LogP contribution in [0.3, 0.4) is 0 Å². The fourth-order valence-corrected chi connectivity index (χ4v) is 3.78. The Morgan fingerprint density at radius 1 is 1.17 bits per heavy atom. The van der Waals surface area contributed by atoms with Crippen LogP contribution in [0.2, 0.25) is 0 Å². The Balaban J connectivity index is 2.17. The van der Waals surface area contributed by atoms with E-state index in [1.807, 2.05) is 0 Å². The summed E-state index contributed by atoms with van der Waals surface area (Å²) in [5.41, 5.74) is -3.09. The molecule has 5 atom stereocenters. The van der Waals surface area contributed by atoms with Gasteiger partial charge in [0, 0.05) is 13.3 Å². The van der Waals surface area contributed by atoms with Gasteiger partial charge in [-0.15, -0.1) is 0 Å². The van der Waals surface area contributed by atoms with E-state index in [4.69, 9.17) is 4.74 Å². The van der Waals surface area contributed by atoms with Gasteiger partial charge in [-0.2, -0.15) is 22.0 Å². The first-order chi connectivity index (χ1) is 10.3. The number of carbonyl (C=O) groups is 1. The molecule has 2 bridgehead atoms. The van der Waals surface area contributed by atoms with Crippen LogP contribution in [0.5, 0.6) is 0 Å². The summed E-state index contributed by atoms with van der Waals surface area (Å²) >= 11 is 0. The Bertz CT molecular complexity index is 455. The number of rotatable bonds is 5. The molecule has 5 unspecified atom stereocenters. The van der Waals surface area contributed by atoms with Gasteiger partial charge < -0.3 is 9.84 Å². The Morgan fingerprint density at radius 3 is 2.17 bits per heavy atom. The van der Waals surface area contributed by atoms with Crippen LogP contribution in [0.1, 0.15) is 46.0 Å². The van der Waals surface area contributed by atoms with Crippen molar-refractivity contribution in [3.05, 3.63) is 0 Å². The molecule has 0 aromatic rings. The molecule has 0 aliphatic heterocycles. The Labute approximate surface area is 131 Å². The summed E-state index contributed by atoms with van der Waals surface area (Å²) in [6.07, 6.45) is -4.10. The molecule has 23 heavy (non-hydrogen) atoms. The average Bonchev–Trinajstić information content (AvgIpc) is 2.97. The highest BCUT2D eigenvalue weighted by atomic mass is 19.4. The van der Waals surface area contributed by atoms with Gasteiger partial charge in [0.25, 0.3) is 0 Å². The van der Waals surface area contributed by atoms with Gasteiger partial charge in [0.05, 0.1) is 0 Å². The summed E-state index contributed by atoms with van der Waals surface area (Å²) in [5.74, 6) is -5.63. The van der Waals surface area contributed by atoms with E-state index in [2.05, 4.69) is 0 Å². The second-order valence-corrected chi connectivity index (χ2v) is 7.15. The maximum atomic E-state index is 13.1. The summed E-state index contributed by atoms with van der Waals surface area (Å²) in [7, 11) is 0. The summed E-state index contributed by atoms with van der Waals surface area (Å²) < 4.78 is 69.6. The standard InChI is InChI=1S/C15H21F5O3/c1-13(22,15(18,19)20)7-11(23-12(21)14(2,16)17)10-6-8-3-4-9(10)5-8/h8-11,22H,3-7H2,1-2H3. The van der Waals surface area contributed by atoms with E-state index in [1.54, 1.807) is 0 Å². The van der Waals surface area contributed by atoms with Gasteiger partial charge in [-0.1, -0.05) is 6.42 Å². The topological polar surface area (TPSA) is 46.5 Å². The molecule has 0 saturated heterocycles. The third-order valence-electron chi connectivity index (χ3n) is 5.10. The van der Waals surface area contributed by atoms with Crippen molar-refractivity contribution in [1.29, 1.82) is 0 Å². The van der Waals surface area contributed by atoms with Crippen molar-refractivity contribution in [3.8, 4) is 0 Å². The number of hydrogen-bond acceptors (Lipinski definition) is 3. The molecule has 0 radical (unpaired) electrons. The van der Waals surface area contributed by atoms with Crippen molar-refractivity contribution >= 4 is 5.97 Å². The number of fused-ring (bicyclic) bond motifs is 2. The quantitative estimate of drug-likeness (QED) is 0.611. The van der Waals surface area contributed by atoms with E-state index < -0.39 is 42.1 Å². The molecule has 0 heterocycles. The van der Waals surface area contributed by atoms with E-state index in [9.17, 15) is 31.9 Å². The summed E-state index contributed by atoms with van der Waals surface area (Å²) in [6, 6.07) is 0. The van der Waals surface area contributed by atoms with Crippen LogP contribution in [0.4, 0.5) is 22.0 Å². The molecular formula is C15H21F5O3. The van der Waals surface area contributed by atoms with Crippen LogP contribution in [-0.2, 0) is 9.53 Å². The minimum absolute atomic E-state index is 0.0623. The van der Waals surface area contributed by atoms with Crippen LogP contribution in [0.25, 0.3) is 0 Å². The van der Waals surface area contributed by atoms with Crippen LogP contribution in [-0.4, -0.2) is 34.9 Å². The highest BCUT2D eigenvalue weighted by molar-refractivity contribution is 5.77. The molecule has 2 fully saturated rings. The van der Waals surface area contributed by atoms with Crippen molar-refractivity contribution in [2.75, 3.05) is 0 Å². The lowest BCUT2D eigenvalue weighted by molar-refractivity contribution is -0.265. The number of carbonyl (C=O) groups excluding carboxylic acids is 1. The highest BCUT2D eigenvalue weighted by Gasteiger charge is 2.55. The van der Waals surface area contributed by atoms with E-state index in [-0.39, 0.29) is 5.92 Å². The average molecular weight is 344 g/mol. The van der Waals surface area contributed by atoms with Gasteiger partial charge in [-0.05, 0) is 43.9 Å². The first kappa shape index (κ1) is 18.4. The molecule has 2 rings (SSSR count). The third kappa shape index (κ3) is 3.95. The number of aliphatic hydroxyl groups is 1. The predicted octanol–water partition coefficient (Wildman–Crippen LogP) is 3.69. The lowest BCUT2D eigenvalue weighted by Gasteiger charge is -2.36. The lowest BCUT2D eigenvalue weighted by atomic mass is 9.80. The zero-order valence-electron chi connectivity index (χ0n) is 13.0. The molecule has 8 heteroatoms.